The summed E-state index contributed by atoms with van der Waals surface area (Å²) >= 11 is 0. The standard InChI is InChI=1S/C22H33N5O2/c1-2-23-22(24-14-13-20(28)26-18-6-3-4-7-18)25-16-17-9-11-19(12-10-17)27-15-5-8-21(27)29/h9-12,18H,2-8,13-16H2,1H3,(H,26,28)(H2,23,24,25). The quantitative estimate of drug-likeness (QED) is 0.463. The van der Waals surface area contributed by atoms with Crippen LogP contribution in [-0.2, 0) is 16.1 Å². The lowest BCUT2D eigenvalue weighted by Crippen LogP contribution is -2.40. The molecule has 3 rings (SSSR count). The van der Waals surface area contributed by atoms with Crippen LogP contribution in [0.15, 0.2) is 29.3 Å². The van der Waals surface area contributed by atoms with Crippen molar-refractivity contribution in [2.75, 3.05) is 24.5 Å². The van der Waals surface area contributed by atoms with E-state index in [2.05, 4.69) is 20.9 Å². The minimum Gasteiger partial charge on any atom is -0.357 e. The van der Waals surface area contributed by atoms with Gasteiger partial charge in [-0.15, -0.1) is 0 Å². The Bertz CT molecular complexity index is 710. The van der Waals surface area contributed by atoms with Crippen LogP contribution >= 0.6 is 0 Å². The van der Waals surface area contributed by atoms with Gasteiger partial charge in [0.1, 0.15) is 0 Å². The van der Waals surface area contributed by atoms with Gasteiger partial charge in [-0.1, -0.05) is 25.0 Å². The van der Waals surface area contributed by atoms with E-state index in [1.165, 1.54) is 12.8 Å². The molecule has 158 valence electrons. The second-order valence-corrected chi connectivity index (χ2v) is 7.74. The van der Waals surface area contributed by atoms with Gasteiger partial charge in [0.15, 0.2) is 5.96 Å². The van der Waals surface area contributed by atoms with Gasteiger partial charge in [-0.3, -0.25) is 9.59 Å². The first-order chi connectivity index (χ1) is 14.2. The van der Waals surface area contributed by atoms with Gasteiger partial charge in [-0.2, -0.15) is 0 Å². The number of rotatable bonds is 8. The van der Waals surface area contributed by atoms with Crippen molar-refractivity contribution in [1.82, 2.24) is 16.0 Å². The Morgan fingerprint density at radius 3 is 2.55 bits per heavy atom. The van der Waals surface area contributed by atoms with E-state index in [1.54, 1.807) is 0 Å². The van der Waals surface area contributed by atoms with Gasteiger partial charge in [-0.05, 0) is 43.9 Å². The highest BCUT2D eigenvalue weighted by Gasteiger charge is 2.21. The lowest BCUT2D eigenvalue weighted by molar-refractivity contribution is -0.121. The molecule has 0 aromatic heterocycles. The minimum absolute atomic E-state index is 0.104. The number of guanidine groups is 1. The molecular weight excluding hydrogens is 366 g/mol. The SMILES string of the molecule is CCNC(=NCc1ccc(N2CCCC2=O)cc1)NCCC(=O)NC1CCCC1. The number of anilines is 1. The second-order valence-electron chi connectivity index (χ2n) is 7.74. The van der Waals surface area contributed by atoms with Crippen LogP contribution in [0, 0.1) is 0 Å². The number of nitrogens with one attached hydrogen (secondary N) is 3. The average Bonchev–Trinajstić information content (AvgIpc) is 3.38. The van der Waals surface area contributed by atoms with Gasteiger partial charge >= 0.3 is 0 Å². The molecule has 3 N–H and O–H groups in total. The van der Waals surface area contributed by atoms with Crippen LogP contribution in [0.25, 0.3) is 0 Å². The zero-order chi connectivity index (χ0) is 20.5. The second kappa shape index (κ2) is 10.8. The van der Waals surface area contributed by atoms with Crippen LogP contribution in [0.5, 0.6) is 0 Å². The van der Waals surface area contributed by atoms with Crippen molar-refractivity contribution in [3.63, 3.8) is 0 Å². The number of amides is 2. The van der Waals surface area contributed by atoms with Crippen molar-refractivity contribution in [2.45, 2.75) is 64.5 Å². The van der Waals surface area contributed by atoms with Crippen LogP contribution in [0.3, 0.4) is 0 Å². The van der Waals surface area contributed by atoms with E-state index < -0.39 is 0 Å². The molecular formula is C22H33N5O2. The van der Waals surface area contributed by atoms with Crippen molar-refractivity contribution < 1.29 is 9.59 Å². The van der Waals surface area contributed by atoms with Crippen molar-refractivity contribution in [3.05, 3.63) is 29.8 Å². The molecule has 0 bridgehead atoms. The van der Waals surface area contributed by atoms with Crippen molar-refractivity contribution in [1.29, 1.82) is 0 Å². The fourth-order valence-electron chi connectivity index (χ4n) is 3.88. The maximum absolute atomic E-state index is 12.0. The molecule has 1 saturated heterocycles. The average molecular weight is 400 g/mol. The third-order valence-corrected chi connectivity index (χ3v) is 5.45. The summed E-state index contributed by atoms with van der Waals surface area (Å²) in [6.07, 6.45) is 6.66. The molecule has 1 heterocycles. The number of nitrogens with zero attached hydrogens (tertiary/aromatic N) is 2. The third kappa shape index (κ3) is 6.48. The van der Waals surface area contributed by atoms with Crippen molar-refractivity contribution in [2.24, 2.45) is 4.99 Å². The number of hydrogen-bond donors (Lipinski definition) is 3. The van der Waals surface area contributed by atoms with Gasteiger partial charge < -0.3 is 20.9 Å². The molecule has 7 heteroatoms. The Morgan fingerprint density at radius 2 is 1.90 bits per heavy atom. The lowest BCUT2D eigenvalue weighted by atomic mass is 10.2. The van der Waals surface area contributed by atoms with Gasteiger partial charge in [-0.25, -0.2) is 4.99 Å². The first-order valence-electron chi connectivity index (χ1n) is 10.9. The van der Waals surface area contributed by atoms with E-state index >= 15 is 0 Å². The Morgan fingerprint density at radius 1 is 1.14 bits per heavy atom. The van der Waals surface area contributed by atoms with E-state index in [-0.39, 0.29) is 11.8 Å². The molecule has 1 aromatic rings. The van der Waals surface area contributed by atoms with E-state index in [9.17, 15) is 9.59 Å². The summed E-state index contributed by atoms with van der Waals surface area (Å²) < 4.78 is 0. The lowest BCUT2D eigenvalue weighted by Gasteiger charge is -2.16. The van der Waals surface area contributed by atoms with Gasteiger partial charge in [0.2, 0.25) is 11.8 Å². The van der Waals surface area contributed by atoms with Crippen LogP contribution in [0.2, 0.25) is 0 Å². The van der Waals surface area contributed by atoms with Crippen molar-refractivity contribution >= 4 is 23.5 Å². The molecule has 2 fully saturated rings. The smallest absolute Gasteiger partial charge is 0.227 e. The molecule has 0 atom stereocenters. The molecule has 7 nitrogen and oxygen atoms in total. The maximum Gasteiger partial charge on any atom is 0.227 e. The van der Waals surface area contributed by atoms with Gasteiger partial charge in [0.05, 0.1) is 6.54 Å². The number of carbonyl (C=O) groups is 2. The Kier molecular flexibility index (Phi) is 7.90. The Labute approximate surface area is 173 Å². The summed E-state index contributed by atoms with van der Waals surface area (Å²) in [5.74, 6) is 1.01. The van der Waals surface area contributed by atoms with E-state index in [0.29, 0.717) is 37.9 Å². The molecule has 1 saturated carbocycles. The molecule has 1 aliphatic carbocycles. The summed E-state index contributed by atoms with van der Waals surface area (Å²) in [4.78, 5) is 30.3. The molecule has 2 aliphatic rings. The van der Waals surface area contributed by atoms with E-state index in [4.69, 9.17) is 0 Å². The molecule has 1 aromatic carbocycles. The summed E-state index contributed by atoms with van der Waals surface area (Å²) in [6.45, 7) is 4.68. The number of aliphatic imine (C=N–C) groups is 1. The zero-order valence-corrected chi connectivity index (χ0v) is 17.4. The zero-order valence-electron chi connectivity index (χ0n) is 17.4. The first-order valence-corrected chi connectivity index (χ1v) is 10.9. The van der Waals surface area contributed by atoms with Gasteiger partial charge in [0, 0.05) is 44.2 Å². The number of hydrogen-bond acceptors (Lipinski definition) is 3. The molecule has 29 heavy (non-hydrogen) atoms. The first kappa shape index (κ1) is 21.1. The van der Waals surface area contributed by atoms with E-state index in [1.807, 2.05) is 36.1 Å². The van der Waals surface area contributed by atoms with E-state index in [0.717, 1.165) is 43.6 Å². The largest absolute Gasteiger partial charge is 0.357 e. The molecule has 0 spiro atoms. The normalized spacial score (nSPS) is 17.6. The van der Waals surface area contributed by atoms with Crippen LogP contribution < -0.4 is 20.9 Å². The monoisotopic (exact) mass is 399 g/mol. The summed E-state index contributed by atoms with van der Waals surface area (Å²) in [7, 11) is 0. The molecule has 0 unspecified atom stereocenters. The summed E-state index contributed by atoms with van der Waals surface area (Å²) in [5.41, 5.74) is 2.04. The highest BCUT2D eigenvalue weighted by atomic mass is 16.2. The summed E-state index contributed by atoms with van der Waals surface area (Å²) in [5, 5.41) is 9.56. The topological polar surface area (TPSA) is 85.8 Å². The highest BCUT2D eigenvalue weighted by Crippen LogP contribution is 2.21. The predicted molar refractivity (Wildman–Crippen MR) is 116 cm³/mol. The van der Waals surface area contributed by atoms with Crippen LogP contribution in [-0.4, -0.2) is 43.5 Å². The maximum atomic E-state index is 12.0. The Balaban J connectivity index is 1.45. The van der Waals surface area contributed by atoms with Crippen molar-refractivity contribution in [3.8, 4) is 0 Å². The molecule has 0 radical (unpaired) electrons. The molecule has 2 amide bonds. The van der Waals surface area contributed by atoms with Crippen LogP contribution in [0.4, 0.5) is 5.69 Å². The van der Waals surface area contributed by atoms with Gasteiger partial charge in [0.25, 0.3) is 0 Å². The number of carbonyl (C=O) groups excluding carboxylic acids is 2. The van der Waals surface area contributed by atoms with Crippen LogP contribution in [0.1, 0.15) is 57.4 Å². The summed E-state index contributed by atoms with van der Waals surface area (Å²) in [6, 6.07) is 8.37. The highest BCUT2D eigenvalue weighted by molar-refractivity contribution is 5.95. The minimum atomic E-state index is 0.104. The third-order valence-electron chi connectivity index (χ3n) is 5.45. The fourth-order valence-corrected chi connectivity index (χ4v) is 3.88. The molecule has 1 aliphatic heterocycles. The Hall–Kier alpha value is -2.57. The fraction of sp³-hybridized carbons (Fsp3) is 0.591. The number of benzene rings is 1. The predicted octanol–water partition coefficient (Wildman–Crippen LogP) is 2.32.